The van der Waals surface area contributed by atoms with Gasteiger partial charge in [-0.2, -0.15) is 17.6 Å². The molecule has 8 heteroatoms. The van der Waals surface area contributed by atoms with Gasteiger partial charge in [0.25, 0.3) is 12.2 Å². The normalized spacial score (nSPS) is 9.00. The molecule has 90 valence electrons. The van der Waals surface area contributed by atoms with Crippen LogP contribution in [-0.2, 0) is 9.59 Å². The lowest BCUT2D eigenvalue weighted by atomic mass is 10.4. The smallest absolute Gasteiger partial charge is 0.266 e. The van der Waals surface area contributed by atoms with E-state index < -0.39 is 36.8 Å². The van der Waals surface area contributed by atoms with Gasteiger partial charge < -0.3 is 0 Å². The van der Waals surface area contributed by atoms with E-state index in [2.05, 4.69) is 0 Å². The minimum absolute atomic E-state index is 0.350. The number of hydrogen-bond donors (Lipinski definition) is 2. The molecule has 2 N–H and O–H groups in total. The molecule has 0 aliphatic carbocycles. The summed E-state index contributed by atoms with van der Waals surface area (Å²) in [4.78, 5) is 21.4. The van der Waals surface area contributed by atoms with Crippen molar-refractivity contribution in [2.45, 2.75) is 12.8 Å². The van der Waals surface area contributed by atoms with Crippen LogP contribution in [0.25, 0.3) is 0 Å². The maximum atomic E-state index is 11.5. The highest BCUT2D eigenvalue weighted by Crippen LogP contribution is 1.99. The topological polar surface area (TPSA) is 58.2 Å². The van der Waals surface area contributed by atoms with Crippen molar-refractivity contribution < 1.29 is 27.2 Å². The van der Waals surface area contributed by atoms with Gasteiger partial charge in [0.1, 0.15) is 0 Å². The Bertz CT molecular complexity index is 288. The standard InChI is InChI=1S/C8H8F4N2O2/c9-5(10)1-3-7(15)13-14-8(16)4-2-6(11)12/h1-2H,3-4H2,(H,13,15)(H,14,16). The van der Waals surface area contributed by atoms with E-state index in [1.54, 1.807) is 10.9 Å². The van der Waals surface area contributed by atoms with Crippen LogP contribution in [0.3, 0.4) is 0 Å². The van der Waals surface area contributed by atoms with Crippen LogP contribution in [0.1, 0.15) is 12.8 Å². The first-order valence-corrected chi connectivity index (χ1v) is 4.02. The molecule has 0 spiro atoms. The largest absolute Gasteiger partial charge is 0.273 e. The minimum Gasteiger partial charge on any atom is -0.273 e. The van der Waals surface area contributed by atoms with Crippen LogP contribution in [0, 0.1) is 0 Å². The van der Waals surface area contributed by atoms with Crippen molar-refractivity contribution in [2.24, 2.45) is 0 Å². The van der Waals surface area contributed by atoms with Gasteiger partial charge in [-0.1, -0.05) is 0 Å². The van der Waals surface area contributed by atoms with Crippen LogP contribution in [0.5, 0.6) is 0 Å². The monoisotopic (exact) mass is 240 g/mol. The van der Waals surface area contributed by atoms with Crippen LogP contribution >= 0.6 is 0 Å². The third-order valence-corrected chi connectivity index (χ3v) is 1.22. The van der Waals surface area contributed by atoms with Gasteiger partial charge in [0.15, 0.2) is 0 Å². The number of hydrazine groups is 1. The predicted molar refractivity (Wildman–Crippen MR) is 46.1 cm³/mol. The van der Waals surface area contributed by atoms with Crippen molar-refractivity contribution in [3.05, 3.63) is 24.3 Å². The highest BCUT2D eigenvalue weighted by Gasteiger charge is 2.03. The first kappa shape index (κ1) is 14.1. The Morgan fingerprint density at radius 2 is 1.12 bits per heavy atom. The molecule has 0 aliphatic rings. The number of carbonyl (C=O) groups excluding carboxylic acids is 2. The maximum Gasteiger partial charge on any atom is 0.266 e. The van der Waals surface area contributed by atoms with Crippen molar-refractivity contribution in [1.29, 1.82) is 0 Å². The Labute approximate surface area is 88.0 Å². The van der Waals surface area contributed by atoms with Crippen LogP contribution in [0.15, 0.2) is 24.3 Å². The Hall–Kier alpha value is -1.86. The SMILES string of the molecule is O=C(CC=C(F)F)NNC(=O)CC=C(F)F. The van der Waals surface area contributed by atoms with Crippen molar-refractivity contribution in [1.82, 2.24) is 10.9 Å². The van der Waals surface area contributed by atoms with E-state index in [4.69, 9.17) is 0 Å². The Morgan fingerprint density at radius 1 is 0.812 bits per heavy atom. The second-order valence-electron chi connectivity index (χ2n) is 2.49. The molecule has 0 bridgehead atoms. The number of carbonyl (C=O) groups is 2. The summed E-state index contributed by atoms with van der Waals surface area (Å²) in [5.41, 5.74) is 3.54. The van der Waals surface area contributed by atoms with Gasteiger partial charge in [-0.05, 0) is 12.2 Å². The zero-order chi connectivity index (χ0) is 12.6. The molecule has 16 heavy (non-hydrogen) atoms. The minimum atomic E-state index is -2.02. The number of amides is 2. The van der Waals surface area contributed by atoms with Gasteiger partial charge in [0, 0.05) is 0 Å². The predicted octanol–water partition coefficient (Wildman–Crippen LogP) is 1.47. The maximum absolute atomic E-state index is 11.5. The van der Waals surface area contributed by atoms with Crippen LogP contribution in [0.4, 0.5) is 17.6 Å². The van der Waals surface area contributed by atoms with Crippen LogP contribution < -0.4 is 10.9 Å². The summed E-state index contributed by atoms with van der Waals surface area (Å²) in [6.07, 6.45) is -4.58. The molecule has 0 aliphatic heterocycles. The van der Waals surface area contributed by atoms with Crippen LogP contribution in [0.2, 0.25) is 0 Å². The van der Waals surface area contributed by atoms with Gasteiger partial charge >= 0.3 is 0 Å². The summed E-state index contributed by atoms with van der Waals surface area (Å²) >= 11 is 0. The van der Waals surface area contributed by atoms with E-state index in [9.17, 15) is 27.2 Å². The average molecular weight is 240 g/mol. The Balaban J connectivity index is 3.80. The summed E-state index contributed by atoms with van der Waals surface area (Å²) in [7, 11) is 0. The fourth-order valence-corrected chi connectivity index (χ4v) is 0.581. The molecule has 0 heterocycles. The molecule has 0 fully saturated rings. The van der Waals surface area contributed by atoms with Crippen LogP contribution in [-0.4, -0.2) is 11.8 Å². The van der Waals surface area contributed by atoms with Crippen molar-refractivity contribution in [3.63, 3.8) is 0 Å². The molecule has 0 atom stereocenters. The summed E-state index contributed by atoms with van der Waals surface area (Å²) in [5, 5.41) is 0. The molecular weight excluding hydrogens is 232 g/mol. The number of nitrogens with one attached hydrogen (secondary N) is 2. The third kappa shape index (κ3) is 8.73. The molecule has 2 amide bonds. The Kier molecular flexibility index (Phi) is 6.57. The lowest BCUT2D eigenvalue weighted by Crippen LogP contribution is -2.41. The van der Waals surface area contributed by atoms with Crippen molar-refractivity contribution in [3.8, 4) is 0 Å². The molecular formula is C8H8F4N2O2. The molecule has 0 aromatic rings. The van der Waals surface area contributed by atoms with Gasteiger partial charge in [0.05, 0.1) is 12.8 Å². The second-order valence-corrected chi connectivity index (χ2v) is 2.49. The van der Waals surface area contributed by atoms with Gasteiger partial charge in [-0.25, -0.2) is 0 Å². The molecule has 0 saturated carbocycles. The molecule has 0 unspecified atom stereocenters. The number of hydrogen-bond acceptors (Lipinski definition) is 2. The quantitative estimate of drug-likeness (QED) is 0.577. The van der Waals surface area contributed by atoms with Gasteiger partial charge in [-0.15, -0.1) is 0 Å². The summed E-state index contributed by atoms with van der Waals surface area (Å²) in [6, 6.07) is 0. The fraction of sp³-hybridized carbons (Fsp3) is 0.250. The molecule has 4 nitrogen and oxygen atoms in total. The first-order chi connectivity index (χ1) is 7.41. The molecule has 0 aromatic carbocycles. The summed E-state index contributed by atoms with van der Waals surface area (Å²) in [6.45, 7) is 0. The summed E-state index contributed by atoms with van der Waals surface area (Å²) in [5.74, 6) is -1.77. The number of rotatable bonds is 4. The second kappa shape index (κ2) is 7.43. The number of halogens is 4. The zero-order valence-corrected chi connectivity index (χ0v) is 7.90. The molecule has 0 saturated heterocycles. The van der Waals surface area contributed by atoms with Crippen molar-refractivity contribution in [2.75, 3.05) is 0 Å². The highest BCUT2D eigenvalue weighted by molar-refractivity contribution is 5.83. The van der Waals surface area contributed by atoms with Crippen molar-refractivity contribution >= 4 is 11.8 Å². The average Bonchev–Trinajstić information content (AvgIpc) is 2.20. The molecule has 0 rings (SSSR count). The molecule has 0 radical (unpaired) electrons. The first-order valence-electron chi connectivity index (χ1n) is 4.02. The van der Waals surface area contributed by atoms with E-state index in [1.807, 2.05) is 0 Å². The fourth-order valence-electron chi connectivity index (χ4n) is 0.581. The lowest BCUT2D eigenvalue weighted by molar-refractivity contribution is -0.128. The van der Waals surface area contributed by atoms with E-state index in [0.29, 0.717) is 12.2 Å². The van der Waals surface area contributed by atoms with Gasteiger partial charge in [0.2, 0.25) is 11.8 Å². The zero-order valence-electron chi connectivity index (χ0n) is 7.90. The highest BCUT2D eigenvalue weighted by atomic mass is 19.3. The van der Waals surface area contributed by atoms with E-state index in [0.717, 1.165) is 0 Å². The lowest BCUT2D eigenvalue weighted by Gasteiger charge is -2.03. The van der Waals surface area contributed by atoms with E-state index in [1.165, 1.54) is 0 Å². The summed E-state index contributed by atoms with van der Waals surface area (Å²) < 4.78 is 46.0. The molecule has 0 aromatic heterocycles. The Morgan fingerprint density at radius 3 is 1.38 bits per heavy atom. The van der Waals surface area contributed by atoms with E-state index >= 15 is 0 Å². The van der Waals surface area contributed by atoms with Gasteiger partial charge in [-0.3, -0.25) is 20.4 Å². The van der Waals surface area contributed by atoms with E-state index in [-0.39, 0.29) is 0 Å². The third-order valence-electron chi connectivity index (χ3n) is 1.22.